The number of nitrogens with one attached hydrogen (secondary N) is 2. The molecule has 0 aliphatic carbocycles. The standard InChI is InChI=1S/C20H18F2N4O/c1-12(2)13-6-8-15(9-7-13)25-19(27)14-10-23-20(24-11-14)26-18-16(21)4-3-5-17(18)22/h3-12H,1-2H3,(H,25,27)(H,23,24,26). The number of halogens is 2. The van der Waals surface area contributed by atoms with Gasteiger partial charge in [-0.3, -0.25) is 4.79 Å². The Hall–Kier alpha value is -3.35. The van der Waals surface area contributed by atoms with Crippen LogP contribution < -0.4 is 10.6 Å². The Morgan fingerprint density at radius 2 is 1.56 bits per heavy atom. The lowest BCUT2D eigenvalue weighted by atomic mass is 10.0. The summed E-state index contributed by atoms with van der Waals surface area (Å²) in [5.74, 6) is -1.51. The van der Waals surface area contributed by atoms with Gasteiger partial charge in [0.1, 0.15) is 17.3 Å². The SMILES string of the molecule is CC(C)c1ccc(NC(=O)c2cnc(Nc3c(F)cccc3F)nc2)cc1. The van der Waals surface area contributed by atoms with Gasteiger partial charge >= 0.3 is 0 Å². The molecule has 0 saturated carbocycles. The molecule has 3 rings (SSSR count). The van der Waals surface area contributed by atoms with Crippen molar-refractivity contribution in [3.63, 3.8) is 0 Å². The second-order valence-corrected chi connectivity index (χ2v) is 6.25. The number of benzene rings is 2. The summed E-state index contributed by atoms with van der Waals surface area (Å²) in [5.41, 5.74) is 1.70. The normalized spacial score (nSPS) is 10.7. The third-order valence-corrected chi connectivity index (χ3v) is 3.95. The summed E-state index contributed by atoms with van der Waals surface area (Å²) in [6.45, 7) is 4.18. The van der Waals surface area contributed by atoms with E-state index in [1.165, 1.54) is 24.0 Å². The molecule has 27 heavy (non-hydrogen) atoms. The Balaban J connectivity index is 1.68. The molecule has 7 heteroatoms. The molecular weight excluding hydrogens is 350 g/mol. The predicted octanol–water partition coefficient (Wildman–Crippen LogP) is 4.87. The molecule has 0 radical (unpaired) electrons. The van der Waals surface area contributed by atoms with E-state index in [4.69, 9.17) is 0 Å². The van der Waals surface area contributed by atoms with Gasteiger partial charge < -0.3 is 10.6 Å². The number of para-hydroxylation sites is 1. The van der Waals surface area contributed by atoms with E-state index in [0.29, 0.717) is 11.6 Å². The van der Waals surface area contributed by atoms with Crippen LogP contribution in [0.2, 0.25) is 0 Å². The first-order valence-electron chi connectivity index (χ1n) is 8.38. The number of hydrogen-bond acceptors (Lipinski definition) is 4. The molecule has 2 aromatic carbocycles. The fourth-order valence-corrected chi connectivity index (χ4v) is 2.39. The van der Waals surface area contributed by atoms with Crippen molar-refractivity contribution in [3.8, 4) is 0 Å². The number of carbonyl (C=O) groups is 1. The highest BCUT2D eigenvalue weighted by Gasteiger charge is 2.12. The van der Waals surface area contributed by atoms with E-state index in [0.717, 1.165) is 12.1 Å². The van der Waals surface area contributed by atoms with E-state index in [1.807, 2.05) is 24.3 Å². The highest BCUT2D eigenvalue weighted by molar-refractivity contribution is 6.03. The van der Waals surface area contributed by atoms with E-state index in [-0.39, 0.29) is 23.1 Å². The number of aromatic nitrogens is 2. The third-order valence-electron chi connectivity index (χ3n) is 3.95. The van der Waals surface area contributed by atoms with Crippen molar-refractivity contribution < 1.29 is 13.6 Å². The molecule has 3 aromatic rings. The molecule has 138 valence electrons. The Bertz CT molecular complexity index is 921. The maximum absolute atomic E-state index is 13.6. The fraction of sp³-hybridized carbons (Fsp3) is 0.150. The van der Waals surface area contributed by atoms with Crippen LogP contribution in [-0.4, -0.2) is 15.9 Å². The van der Waals surface area contributed by atoms with Crippen LogP contribution in [0.4, 0.5) is 26.1 Å². The Labute approximate surface area is 155 Å². The summed E-state index contributed by atoms with van der Waals surface area (Å²) in [6, 6.07) is 11.1. The van der Waals surface area contributed by atoms with Crippen LogP contribution >= 0.6 is 0 Å². The molecular formula is C20H18F2N4O. The minimum absolute atomic E-state index is 0.0168. The van der Waals surface area contributed by atoms with E-state index < -0.39 is 11.6 Å². The number of nitrogens with zero attached hydrogens (tertiary/aromatic N) is 2. The first kappa shape index (κ1) is 18.4. The summed E-state index contributed by atoms with van der Waals surface area (Å²) in [7, 11) is 0. The maximum atomic E-state index is 13.6. The number of hydrogen-bond donors (Lipinski definition) is 2. The van der Waals surface area contributed by atoms with Gasteiger partial charge in [0.25, 0.3) is 5.91 Å². The van der Waals surface area contributed by atoms with Crippen molar-refractivity contribution in [2.45, 2.75) is 19.8 Å². The Morgan fingerprint density at radius 1 is 0.963 bits per heavy atom. The van der Waals surface area contributed by atoms with Gasteiger partial charge in [0.15, 0.2) is 0 Å². The molecule has 1 amide bonds. The lowest BCUT2D eigenvalue weighted by Gasteiger charge is -2.09. The van der Waals surface area contributed by atoms with Gasteiger partial charge in [0, 0.05) is 18.1 Å². The molecule has 1 aromatic heterocycles. The zero-order valence-corrected chi connectivity index (χ0v) is 14.8. The first-order chi connectivity index (χ1) is 12.9. The molecule has 0 bridgehead atoms. The van der Waals surface area contributed by atoms with Gasteiger partial charge in [-0.2, -0.15) is 0 Å². The van der Waals surface area contributed by atoms with Crippen molar-refractivity contribution in [2.24, 2.45) is 0 Å². The van der Waals surface area contributed by atoms with Crippen molar-refractivity contribution in [2.75, 3.05) is 10.6 Å². The summed E-state index contributed by atoms with van der Waals surface area (Å²) in [5, 5.41) is 5.22. The van der Waals surface area contributed by atoms with Crippen LogP contribution in [0.1, 0.15) is 35.7 Å². The highest BCUT2D eigenvalue weighted by Crippen LogP contribution is 2.21. The lowest BCUT2D eigenvalue weighted by Crippen LogP contribution is -2.13. The lowest BCUT2D eigenvalue weighted by molar-refractivity contribution is 0.102. The zero-order chi connectivity index (χ0) is 19.4. The minimum Gasteiger partial charge on any atom is -0.322 e. The van der Waals surface area contributed by atoms with E-state index >= 15 is 0 Å². The second-order valence-electron chi connectivity index (χ2n) is 6.25. The number of carbonyl (C=O) groups excluding carboxylic acids is 1. The van der Waals surface area contributed by atoms with Crippen LogP contribution in [0.5, 0.6) is 0 Å². The van der Waals surface area contributed by atoms with Crippen LogP contribution in [0.15, 0.2) is 54.9 Å². The quantitative estimate of drug-likeness (QED) is 0.674. The van der Waals surface area contributed by atoms with Crippen LogP contribution in [0, 0.1) is 11.6 Å². The molecule has 5 nitrogen and oxygen atoms in total. The van der Waals surface area contributed by atoms with Gasteiger partial charge in [0.05, 0.1) is 5.56 Å². The van der Waals surface area contributed by atoms with Crippen molar-refractivity contribution in [1.29, 1.82) is 0 Å². The van der Waals surface area contributed by atoms with Gasteiger partial charge in [-0.05, 0) is 35.7 Å². The Morgan fingerprint density at radius 3 is 2.11 bits per heavy atom. The van der Waals surface area contributed by atoms with Crippen molar-refractivity contribution in [1.82, 2.24) is 9.97 Å². The van der Waals surface area contributed by atoms with Crippen LogP contribution in [0.25, 0.3) is 0 Å². The summed E-state index contributed by atoms with van der Waals surface area (Å²) < 4.78 is 27.3. The second kappa shape index (κ2) is 7.90. The molecule has 0 fully saturated rings. The predicted molar refractivity (Wildman–Crippen MR) is 100 cm³/mol. The average molecular weight is 368 g/mol. The Kier molecular flexibility index (Phi) is 5.40. The molecule has 2 N–H and O–H groups in total. The molecule has 1 heterocycles. The molecule has 0 atom stereocenters. The summed E-state index contributed by atoms with van der Waals surface area (Å²) in [6.07, 6.45) is 2.57. The molecule has 0 aliphatic rings. The number of anilines is 3. The van der Waals surface area contributed by atoms with E-state index in [1.54, 1.807) is 0 Å². The zero-order valence-electron chi connectivity index (χ0n) is 14.8. The summed E-state index contributed by atoms with van der Waals surface area (Å²) >= 11 is 0. The van der Waals surface area contributed by atoms with E-state index in [9.17, 15) is 13.6 Å². The summed E-state index contributed by atoms with van der Waals surface area (Å²) in [4.78, 5) is 20.2. The molecule has 0 unspecified atom stereocenters. The average Bonchev–Trinajstić information content (AvgIpc) is 2.66. The monoisotopic (exact) mass is 368 g/mol. The maximum Gasteiger partial charge on any atom is 0.258 e. The molecule has 0 aliphatic heterocycles. The van der Waals surface area contributed by atoms with Gasteiger partial charge in [-0.15, -0.1) is 0 Å². The van der Waals surface area contributed by atoms with Crippen LogP contribution in [-0.2, 0) is 0 Å². The van der Waals surface area contributed by atoms with Gasteiger partial charge in [-0.1, -0.05) is 32.0 Å². The van der Waals surface area contributed by atoms with E-state index in [2.05, 4.69) is 34.4 Å². The van der Waals surface area contributed by atoms with Gasteiger partial charge in [-0.25, -0.2) is 18.7 Å². The minimum atomic E-state index is -0.759. The smallest absolute Gasteiger partial charge is 0.258 e. The number of rotatable bonds is 5. The van der Waals surface area contributed by atoms with Crippen molar-refractivity contribution in [3.05, 3.63) is 77.6 Å². The van der Waals surface area contributed by atoms with Crippen LogP contribution in [0.3, 0.4) is 0 Å². The fourth-order valence-electron chi connectivity index (χ4n) is 2.39. The third kappa shape index (κ3) is 4.44. The topological polar surface area (TPSA) is 66.9 Å². The largest absolute Gasteiger partial charge is 0.322 e. The van der Waals surface area contributed by atoms with Gasteiger partial charge in [0.2, 0.25) is 5.95 Å². The van der Waals surface area contributed by atoms with Crippen molar-refractivity contribution >= 4 is 23.2 Å². The first-order valence-corrected chi connectivity index (χ1v) is 8.38. The number of amides is 1. The molecule has 0 spiro atoms. The molecule has 0 saturated heterocycles. The highest BCUT2D eigenvalue weighted by atomic mass is 19.1.